The molecular weight excluding hydrogens is 476 g/mol. The molecule has 1 fully saturated rings. The monoisotopic (exact) mass is 514 g/mol. The molecule has 0 spiro atoms. The number of hydrazine groups is 1. The fourth-order valence-electron chi connectivity index (χ4n) is 5.30. The zero-order valence-electron chi connectivity index (χ0n) is 22.3. The number of piperidine rings is 1. The van der Waals surface area contributed by atoms with Crippen molar-refractivity contribution in [2.24, 2.45) is 0 Å². The van der Waals surface area contributed by atoms with Gasteiger partial charge in [0.2, 0.25) is 5.91 Å². The van der Waals surface area contributed by atoms with Crippen LogP contribution in [0.5, 0.6) is 0 Å². The van der Waals surface area contributed by atoms with Gasteiger partial charge in [-0.05, 0) is 73.5 Å². The van der Waals surface area contributed by atoms with E-state index in [1.165, 1.54) is 30.4 Å². The van der Waals surface area contributed by atoms with Crippen LogP contribution in [0.4, 0.5) is 5.69 Å². The van der Waals surface area contributed by atoms with Gasteiger partial charge in [0.15, 0.2) is 0 Å². The van der Waals surface area contributed by atoms with Crippen molar-refractivity contribution in [3.8, 4) is 5.69 Å². The Hall–Kier alpha value is -3.62. The SMILES string of the molecule is CN(C(=O)CN(CC(=O)NCCN1CCCCC1)c1ccc(-n2cccc2)cc1)N1Cc2ccccc2C1. The second-order valence-electron chi connectivity index (χ2n) is 10.2. The molecule has 200 valence electrons. The van der Waals surface area contributed by atoms with Crippen LogP contribution < -0.4 is 10.2 Å². The summed E-state index contributed by atoms with van der Waals surface area (Å²) in [4.78, 5) is 30.7. The van der Waals surface area contributed by atoms with Crippen molar-refractivity contribution in [2.45, 2.75) is 32.4 Å². The van der Waals surface area contributed by atoms with Gasteiger partial charge in [-0.3, -0.25) is 14.6 Å². The van der Waals surface area contributed by atoms with Gasteiger partial charge in [0.25, 0.3) is 5.91 Å². The van der Waals surface area contributed by atoms with Crippen molar-refractivity contribution >= 4 is 17.5 Å². The molecule has 0 radical (unpaired) electrons. The molecule has 1 N–H and O–H groups in total. The summed E-state index contributed by atoms with van der Waals surface area (Å²) in [5.74, 6) is -0.117. The van der Waals surface area contributed by atoms with Crippen molar-refractivity contribution in [2.75, 3.05) is 51.2 Å². The first-order valence-electron chi connectivity index (χ1n) is 13.6. The van der Waals surface area contributed by atoms with Gasteiger partial charge in [0.1, 0.15) is 0 Å². The number of likely N-dealkylation sites (N-methyl/N-ethyl adjacent to an activating group) is 1. The number of amides is 2. The molecule has 38 heavy (non-hydrogen) atoms. The lowest BCUT2D eigenvalue weighted by atomic mass is 10.1. The molecule has 2 aliphatic heterocycles. The van der Waals surface area contributed by atoms with Crippen molar-refractivity contribution < 1.29 is 9.59 Å². The molecule has 8 heteroatoms. The van der Waals surface area contributed by atoms with E-state index in [9.17, 15) is 9.59 Å². The first-order valence-corrected chi connectivity index (χ1v) is 13.6. The van der Waals surface area contributed by atoms with Crippen LogP contribution in [0, 0.1) is 0 Å². The summed E-state index contributed by atoms with van der Waals surface area (Å²) < 4.78 is 2.03. The number of nitrogens with zero attached hydrogens (tertiary/aromatic N) is 5. The predicted octanol–water partition coefficient (Wildman–Crippen LogP) is 3.28. The second-order valence-corrected chi connectivity index (χ2v) is 10.2. The zero-order valence-corrected chi connectivity index (χ0v) is 22.3. The average Bonchev–Trinajstić information content (AvgIpc) is 3.63. The molecule has 0 atom stereocenters. The standard InChI is InChI=1S/C30H38N6O2/c1-32(36-21-25-9-3-4-10-26(25)22-36)30(38)24-35(23-29(37)31-15-20-33-16-5-2-6-17-33)28-13-11-27(12-14-28)34-18-7-8-19-34/h3-4,7-14,18-19H,2,5-6,15-17,20-24H2,1H3,(H,31,37). The molecule has 0 saturated carbocycles. The topological polar surface area (TPSA) is 64.1 Å². The number of benzene rings is 2. The third-order valence-electron chi connectivity index (χ3n) is 7.59. The van der Waals surface area contributed by atoms with Gasteiger partial charge < -0.3 is 19.7 Å². The largest absolute Gasteiger partial charge is 0.353 e. The molecule has 1 saturated heterocycles. The Balaban J connectivity index is 1.23. The molecule has 2 aliphatic rings. The number of likely N-dealkylation sites (tertiary alicyclic amines) is 1. The number of carbonyl (C=O) groups excluding carboxylic acids is 2. The first kappa shape index (κ1) is 26.0. The van der Waals surface area contributed by atoms with Gasteiger partial charge in [-0.2, -0.15) is 0 Å². The summed E-state index contributed by atoms with van der Waals surface area (Å²) in [6.45, 7) is 5.37. The minimum absolute atomic E-state index is 0.0478. The smallest absolute Gasteiger partial charge is 0.256 e. The maximum atomic E-state index is 13.4. The van der Waals surface area contributed by atoms with Crippen LogP contribution in [-0.4, -0.2) is 77.6 Å². The average molecular weight is 515 g/mol. The van der Waals surface area contributed by atoms with E-state index in [1.54, 1.807) is 5.01 Å². The van der Waals surface area contributed by atoms with Crippen molar-refractivity contribution in [1.29, 1.82) is 0 Å². The Labute approximate surface area is 225 Å². The van der Waals surface area contributed by atoms with E-state index in [2.05, 4.69) is 27.4 Å². The summed E-state index contributed by atoms with van der Waals surface area (Å²) >= 11 is 0. The highest BCUT2D eigenvalue weighted by Gasteiger charge is 2.26. The van der Waals surface area contributed by atoms with Crippen LogP contribution in [0.25, 0.3) is 5.69 Å². The highest BCUT2D eigenvalue weighted by atomic mass is 16.2. The number of hydrogen-bond acceptors (Lipinski definition) is 5. The maximum absolute atomic E-state index is 13.4. The van der Waals surface area contributed by atoms with E-state index < -0.39 is 0 Å². The van der Waals surface area contributed by atoms with E-state index in [4.69, 9.17) is 0 Å². The first-order chi connectivity index (χ1) is 18.6. The number of rotatable bonds is 10. The van der Waals surface area contributed by atoms with Crippen LogP contribution in [0.3, 0.4) is 0 Å². The Bertz CT molecular complexity index is 1180. The number of aromatic nitrogens is 1. The van der Waals surface area contributed by atoms with Crippen LogP contribution in [-0.2, 0) is 22.7 Å². The molecule has 0 unspecified atom stereocenters. The highest BCUT2D eigenvalue weighted by molar-refractivity contribution is 5.86. The lowest BCUT2D eigenvalue weighted by Gasteiger charge is -2.31. The Morgan fingerprint density at radius 2 is 1.50 bits per heavy atom. The van der Waals surface area contributed by atoms with Gasteiger partial charge in [-0.1, -0.05) is 30.7 Å². The fourth-order valence-corrected chi connectivity index (χ4v) is 5.30. The summed E-state index contributed by atoms with van der Waals surface area (Å²) in [5.41, 5.74) is 4.37. The second kappa shape index (κ2) is 12.3. The van der Waals surface area contributed by atoms with Crippen LogP contribution in [0.2, 0.25) is 0 Å². The number of nitrogens with one attached hydrogen (secondary N) is 1. The van der Waals surface area contributed by atoms with Crippen LogP contribution in [0.1, 0.15) is 30.4 Å². The molecule has 3 heterocycles. The quantitative estimate of drug-likeness (QED) is 0.450. The molecule has 0 bridgehead atoms. The molecule has 2 amide bonds. The molecule has 2 aromatic carbocycles. The summed E-state index contributed by atoms with van der Waals surface area (Å²) in [6, 6.07) is 20.3. The van der Waals surface area contributed by atoms with Gasteiger partial charge in [0.05, 0.1) is 13.1 Å². The molecule has 5 rings (SSSR count). The van der Waals surface area contributed by atoms with Gasteiger partial charge in [-0.15, -0.1) is 0 Å². The zero-order chi connectivity index (χ0) is 26.3. The predicted molar refractivity (Wildman–Crippen MR) is 150 cm³/mol. The van der Waals surface area contributed by atoms with Gasteiger partial charge >= 0.3 is 0 Å². The maximum Gasteiger partial charge on any atom is 0.256 e. The summed E-state index contributed by atoms with van der Waals surface area (Å²) in [6.07, 6.45) is 7.76. The highest BCUT2D eigenvalue weighted by Crippen LogP contribution is 2.24. The van der Waals surface area contributed by atoms with E-state index in [1.807, 2.05) is 77.4 Å². The molecule has 1 aromatic heterocycles. The number of carbonyl (C=O) groups is 2. The third kappa shape index (κ3) is 6.44. The van der Waals surface area contributed by atoms with E-state index in [0.717, 1.165) is 31.0 Å². The van der Waals surface area contributed by atoms with Gasteiger partial charge in [-0.25, -0.2) is 5.01 Å². The Morgan fingerprint density at radius 1 is 0.842 bits per heavy atom. The van der Waals surface area contributed by atoms with E-state index >= 15 is 0 Å². The van der Waals surface area contributed by atoms with Crippen LogP contribution >= 0.6 is 0 Å². The lowest BCUT2D eigenvalue weighted by molar-refractivity contribution is -0.145. The van der Waals surface area contributed by atoms with Crippen LogP contribution in [0.15, 0.2) is 73.1 Å². The third-order valence-corrected chi connectivity index (χ3v) is 7.59. The summed E-state index contributed by atoms with van der Waals surface area (Å²) in [7, 11) is 1.82. The minimum atomic E-state index is -0.0690. The molecule has 0 aliphatic carbocycles. The van der Waals surface area contributed by atoms with Gasteiger partial charge in [0, 0.05) is 57.0 Å². The Kier molecular flexibility index (Phi) is 8.41. The van der Waals surface area contributed by atoms with Crippen molar-refractivity contribution in [3.05, 3.63) is 84.2 Å². The molecule has 3 aromatic rings. The summed E-state index contributed by atoms with van der Waals surface area (Å²) in [5, 5.41) is 6.83. The van der Waals surface area contributed by atoms with E-state index in [0.29, 0.717) is 19.6 Å². The minimum Gasteiger partial charge on any atom is -0.353 e. The lowest BCUT2D eigenvalue weighted by Crippen LogP contribution is -2.48. The fraction of sp³-hybridized carbons (Fsp3) is 0.400. The molecular formula is C30H38N6O2. The van der Waals surface area contributed by atoms with E-state index in [-0.39, 0.29) is 24.9 Å². The Morgan fingerprint density at radius 3 is 2.16 bits per heavy atom. The van der Waals surface area contributed by atoms with Crippen molar-refractivity contribution in [3.63, 3.8) is 0 Å². The number of hydrogen-bond donors (Lipinski definition) is 1. The van der Waals surface area contributed by atoms with Crippen molar-refractivity contribution in [1.82, 2.24) is 24.8 Å². The molecule has 8 nitrogen and oxygen atoms in total. The normalized spacial score (nSPS) is 15.7. The number of fused-ring (bicyclic) bond motifs is 1. The number of anilines is 1.